The molecular formula is C13H23N3O. The highest BCUT2D eigenvalue weighted by Crippen LogP contribution is 2.11. The van der Waals surface area contributed by atoms with E-state index in [1.807, 2.05) is 10.8 Å². The van der Waals surface area contributed by atoms with E-state index in [1.165, 1.54) is 0 Å². The van der Waals surface area contributed by atoms with Gasteiger partial charge in [0.2, 0.25) is 0 Å². The lowest BCUT2D eigenvalue weighted by Gasteiger charge is -2.08. The van der Waals surface area contributed by atoms with Crippen molar-refractivity contribution in [1.82, 2.24) is 9.88 Å². The second kappa shape index (κ2) is 6.99. The van der Waals surface area contributed by atoms with E-state index in [4.69, 9.17) is 5.73 Å². The molecule has 0 fully saturated rings. The van der Waals surface area contributed by atoms with E-state index >= 15 is 0 Å². The number of nitrogens with two attached hydrogens (primary N) is 1. The minimum atomic E-state index is -0.0220. The van der Waals surface area contributed by atoms with Gasteiger partial charge in [0.05, 0.1) is 5.69 Å². The van der Waals surface area contributed by atoms with Crippen molar-refractivity contribution in [3.63, 3.8) is 0 Å². The summed E-state index contributed by atoms with van der Waals surface area (Å²) in [4.78, 5) is 11.9. The van der Waals surface area contributed by atoms with Gasteiger partial charge < -0.3 is 15.6 Å². The topological polar surface area (TPSA) is 60.1 Å². The van der Waals surface area contributed by atoms with Gasteiger partial charge in [-0.2, -0.15) is 0 Å². The van der Waals surface area contributed by atoms with Crippen molar-refractivity contribution in [3.05, 3.63) is 18.0 Å². The van der Waals surface area contributed by atoms with E-state index in [-0.39, 0.29) is 5.91 Å². The summed E-state index contributed by atoms with van der Waals surface area (Å²) in [6.07, 6.45) is 6.16. The molecule has 0 atom stereocenters. The molecule has 0 unspecified atom stereocenters. The Balaban J connectivity index is 2.55. The van der Waals surface area contributed by atoms with Gasteiger partial charge in [0.25, 0.3) is 5.91 Å². The highest BCUT2D eigenvalue weighted by molar-refractivity contribution is 5.93. The Bertz CT molecular complexity index is 358. The summed E-state index contributed by atoms with van der Waals surface area (Å²) in [7, 11) is 0. The van der Waals surface area contributed by atoms with Crippen LogP contribution in [0.2, 0.25) is 0 Å². The molecule has 0 bridgehead atoms. The Labute approximate surface area is 103 Å². The zero-order chi connectivity index (χ0) is 12.7. The van der Waals surface area contributed by atoms with Crippen LogP contribution in [0.4, 0.5) is 5.69 Å². The zero-order valence-corrected chi connectivity index (χ0v) is 10.8. The molecule has 17 heavy (non-hydrogen) atoms. The fourth-order valence-corrected chi connectivity index (χ4v) is 1.82. The van der Waals surface area contributed by atoms with Crippen molar-refractivity contribution < 1.29 is 4.79 Å². The molecular weight excluding hydrogens is 214 g/mol. The molecule has 96 valence electrons. The lowest BCUT2D eigenvalue weighted by molar-refractivity contribution is 0.0943. The molecule has 4 heteroatoms. The fourth-order valence-electron chi connectivity index (χ4n) is 1.82. The van der Waals surface area contributed by atoms with Crippen LogP contribution < -0.4 is 11.1 Å². The molecule has 0 spiro atoms. The van der Waals surface area contributed by atoms with Gasteiger partial charge in [0.15, 0.2) is 0 Å². The van der Waals surface area contributed by atoms with Crippen LogP contribution in [0.25, 0.3) is 0 Å². The van der Waals surface area contributed by atoms with Crippen LogP contribution in [0.15, 0.2) is 12.3 Å². The summed E-state index contributed by atoms with van der Waals surface area (Å²) in [5.41, 5.74) is 7.04. The van der Waals surface area contributed by atoms with E-state index in [9.17, 15) is 4.79 Å². The highest BCUT2D eigenvalue weighted by atomic mass is 16.1. The number of aryl methyl sites for hydroxylation is 1. The summed E-state index contributed by atoms with van der Waals surface area (Å²) in [5.74, 6) is -0.0220. The largest absolute Gasteiger partial charge is 0.397 e. The quantitative estimate of drug-likeness (QED) is 0.715. The zero-order valence-electron chi connectivity index (χ0n) is 10.8. The molecule has 1 amide bonds. The maximum absolute atomic E-state index is 11.9. The number of nitrogen functional groups attached to an aromatic ring is 1. The number of nitrogens with one attached hydrogen (secondary N) is 1. The number of aromatic nitrogens is 1. The molecule has 3 N–H and O–H groups in total. The Hall–Kier alpha value is -1.45. The second-order valence-corrected chi connectivity index (χ2v) is 4.32. The summed E-state index contributed by atoms with van der Waals surface area (Å²) in [6, 6.07) is 1.74. The van der Waals surface area contributed by atoms with Gasteiger partial charge in [-0.1, -0.05) is 26.7 Å². The van der Waals surface area contributed by atoms with Crippen molar-refractivity contribution in [2.75, 3.05) is 12.3 Å². The molecule has 0 aromatic carbocycles. The van der Waals surface area contributed by atoms with Crippen LogP contribution in [-0.2, 0) is 6.54 Å². The first-order valence-electron chi connectivity index (χ1n) is 6.42. The Morgan fingerprint density at radius 1 is 1.35 bits per heavy atom. The number of carbonyl (C=O) groups excluding carboxylic acids is 1. The monoisotopic (exact) mass is 237 g/mol. The molecule has 0 aliphatic rings. The number of rotatable bonds is 7. The fraction of sp³-hybridized carbons (Fsp3) is 0.615. The molecule has 0 aliphatic heterocycles. The average Bonchev–Trinajstić information content (AvgIpc) is 2.66. The molecule has 4 nitrogen and oxygen atoms in total. The maximum Gasteiger partial charge on any atom is 0.267 e. The summed E-state index contributed by atoms with van der Waals surface area (Å²) in [5, 5.41) is 2.93. The highest BCUT2D eigenvalue weighted by Gasteiger charge is 2.11. The third kappa shape index (κ3) is 4.13. The first kappa shape index (κ1) is 13.6. The Kier molecular flexibility index (Phi) is 5.60. The van der Waals surface area contributed by atoms with Crippen LogP contribution in [0.1, 0.15) is 50.0 Å². The average molecular weight is 237 g/mol. The van der Waals surface area contributed by atoms with E-state index in [0.717, 1.165) is 38.8 Å². The lowest BCUT2D eigenvalue weighted by Crippen LogP contribution is -2.26. The van der Waals surface area contributed by atoms with E-state index in [0.29, 0.717) is 11.4 Å². The SMILES string of the molecule is CCCCCNC(=O)c1cc(N)cn1CCC. The van der Waals surface area contributed by atoms with Crippen molar-refractivity contribution >= 4 is 11.6 Å². The second-order valence-electron chi connectivity index (χ2n) is 4.32. The van der Waals surface area contributed by atoms with Gasteiger partial charge in [-0.15, -0.1) is 0 Å². The number of anilines is 1. The summed E-state index contributed by atoms with van der Waals surface area (Å²) in [6.45, 7) is 5.80. The standard InChI is InChI=1S/C13H23N3O/c1-3-5-6-7-15-13(17)12-9-11(14)10-16(12)8-4-2/h9-10H,3-8,14H2,1-2H3,(H,15,17). The summed E-state index contributed by atoms with van der Waals surface area (Å²) < 4.78 is 1.92. The van der Waals surface area contributed by atoms with Crippen LogP contribution >= 0.6 is 0 Å². The van der Waals surface area contributed by atoms with Crippen molar-refractivity contribution in [3.8, 4) is 0 Å². The summed E-state index contributed by atoms with van der Waals surface area (Å²) >= 11 is 0. The van der Waals surface area contributed by atoms with E-state index in [2.05, 4.69) is 19.2 Å². The van der Waals surface area contributed by atoms with Crippen LogP contribution in [0, 0.1) is 0 Å². The van der Waals surface area contributed by atoms with Crippen molar-refractivity contribution in [2.45, 2.75) is 46.1 Å². The van der Waals surface area contributed by atoms with Gasteiger partial charge in [-0.3, -0.25) is 4.79 Å². The molecule has 1 heterocycles. The van der Waals surface area contributed by atoms with Crippen LogP contribution in [-0.4, -0.2) is 17.0 Å². The number of hydrogen-bond donors (Lipinski definition) is 2. The third-order valence-corrected chi connectivity index (χ3v) is 2.68. The van der Waals surface area contributed by atoms with Gasteiger partial charge >= 0.3 is 0 Å². The molecule has 0 saturated carbocycles. The predicted molar refractivity (Wildman–Crippen MR) is 71.0 cm³/mol. The lowest BCUT2D eigenvalue weighted by atomic mass is 10.2. The van der Waals surface area contributed by atoms with Gasteiger partial charge in [-0.25, -0.2) is 0 Å². The Morgan fingerprint density at radius 3 is 2.76 bits per heavy atom. The minimum Gasteiger partial charge on any atom is -0.397 e. The maximum atomic E-state index is 11.9. The van der Waals surface area contributed by atoms with Gasteiger partial charge in [0, 0.05) is 19.3 Å². The molecule has 0 saturated heterocycles. The number of unbranched alkanes of at least 4 members (excludes halogenated alkanes) is 2. The minimum absolute atomic E-state index is 0.0220. The van der Waals surface area contributed by atoms with Gasteiger partial charge in [0.1, 0.15) is 5.69 Å². The number of nitrogens with zero attached hydrogens (tertiary/aromatic N) is 1. The number of amides is 1. The van der Waals surface area contributed by atoms with Gasteiger partial charge in [-0.05, 0) is 18.9 Å². The molecule has 1 aromatic heterocycles. The van der Waals surface area contributed by atoms with Crippen molar-refractivity contribution in [2.24, 2.45) is 0 Å². The number of carbonyl (C=O) groups is 1. The molecule has 1 rings (SSSR count). The number of hydrogen-bond acceptors (Lipinski definition) is 2. The smallest absolute Gasteiger partial charge is 0.267 e. The van der Waals surface area contributed by atoms with E-state index in [1.54, 1.807) is 6.07 Å². The normalized spacial score (nSPS) is 10.5. The molecule has 0 aliphatic carbocycles. The van der Waals surface area contributed by atoms with Crippen LogP contribution in [0.5, 0.6) is 0 Å². The molecule has 0 radical (unpaired) electrons. The van der Waals surface area contributed by atoms with Crippen molar-refractivity contribution in [1.29, 1.82) is 0 Å². The first-order valence-corrected chi connectivity index (χ1v) is 6.42. The van der Waals surface area contributed by atoms with E-state index < -0.39 is 0 Å². The van der Waals surface area contributed by atoms with Crippen LogP contribution in [0.3, 0.4) is 0 Å². The Morgan fingerprint density at radius 2 is 2.12 bits per heavy atom. The molecule has 1 aromatic rings. The first-order chi connectivity index (χ1) is 8.19. The third-order valence-electron chi connectivity index (χ3n) is 2.68. The predicted octanol–water partition coefficient (Wildman–Crippen LogP) is 2.40.